The maximum Gasteiger partial charge on any atom is 0.328 e. The normalized spacial score (nSPS) is 15.6. The molecule has 0 unspecified atom stereocenters. The molecule has 0 aromatic heterocycles. The third-order valence-corrected chi connectivity index (χ3v) is 4.56. The van der Waals surface area contributed by atoms with Crippen LogP contribution in [-0.2, 0) is 11.4 Å². The highest BCUT2D eigenvalue weighted by Crippen LogP contribution is 2.28. The predicted molar refractivity (Wildman–Crippen MR) is 99.2 cm³/mol. The van der Waals surface area contributed by atoms with Crippen LogP contribution in [0.15, 0.2) is 52.6 Å². The lowest BCUT2D eigenvalue weighted by molar-refractivity contribution is -0.121. The maximum atomic E-state index is 12.0. The molecule has 1 aliphatic heterocycles. The average Bonchev–Trinajstić information content (AvgIpc) is 2.82. The highest BCUT2D eigenvalue weighted by molar-refractivity contribution is 9.10. The topological polar surface area (TPSA) is 58.6 Å². The molecule has 1 saturated heterocycles. The van der Waals surface area contributed by atoms with E-state index < -0.39 is 6.03 Å². The highest BCUT2D eigenvalue weighted by Gasteiger charge is 2.30. The van der Waals surface area contributed by atoms with E-state index in [0.29, 0.717) is 16.3 Å². The Morgan fingerprint density at radius 1 is 1.24 bits per heavy atom. The molecule has 1 fully saturated rings. The van der Waals surface area contributed by atoms with Crippen molar-refractivity contribution in [2.45, 2.75) is 6.61 Å². The van der Waals surface area contributed by atoms with Crippen molar-refractivity contribution < 1.29 is 14.3 Å². The summed E-state index contributed by atoms with van der Waals surface area (Å²) in [4.78, 5) is 24.6. The lowest BCUT2D eigenvalue weighted by atomic mass is 10.1. The number of hydrogen-bond donors (Lipinski definition) is 1. The molecule has 1 aliphatic rings. The van der Waals surface area contributed by atoms with Gasteiger partial charge in [0, 0.05) is 27.7 Å². The van der Waals surface area contributed by atoms with Gasteiger partial charge in [0.25, 0.3) is 5.91 Å². The number of likely N-dealkylation sites (N-methyl/N-ethyl adjacent to an activating group) is 1. The molecule has 5 nitrogen and oxygen atoms in total. The van der Waals surface area contributed by atoms with Crippen LogP contribution in [0.3, 0.4) is 0 Å². The number of urea groups is 1. The lowest BCUT2D eigenvalue weighted by Crippen LogP contribution is -2.25. The summed E-state index contributed by atoms with van der Waals surface area (Å²) >= 11 is 9.55. The van der Waals surface area contributed by atoms with E-state index in [2.05, 4.69) is 21.2 Å². The zero-order valence-electron chi connectivity index (χ0n) is 13.3. The standard InChI is InChI=1S/C18H14BrClN2O3/c1-22-17(23)15(21-18(22)24)9-12-8-13(19)6-7-16(12)25-10-11-4-2-3-5-14(11)20/h2-9H,10H2,1H3,(H,21,24)/b15-9+. The van der Waals surface area contributed by atoms with Crippen molar-refractivity contribution in [3.05, 3.63) is 68.8 Å². The molecular formula is C18H14BrClN2O3. The molecule has 2 aromatic carbocycles. The Labute approximate surface area is 158 Å². The van der Waals surface area contributed by atoms with Crippen molar-refractivity contribution in [3.8, 4) is 5.75 Å². The molecule has 25 heavy (non-hydrogen) atoms. The van der Waals surface area contributed by atoms with Crippen molar-refractivity contribution >= 4 is 45.5 Å². The zero-order chi connectivity index (χ0) is 18.0. The van der Waals surface area contributed by atoms with Crippen LogP contribution in [0.2, 0.25) is 5.02 Å². The second-order valence-corrected chi connectivity index (χ2v) is 6.74. The molecule has 1 N–H and O–H groups in total. The fourth-order valence-corrected chi connectivity index (χ4v) is 2.88. The molecule has 0 bridgehead atoms. The van der Waals surface area contributed by atoms with Crippen LogP contribution < -0.4 is 10.1 Å². The maximum absolute atomic E-state index is 12.0. The Bertz CT molecular complexity index is 882. The Morgan fingerprint density at radius 2 is 2.00 bits per heavy atom. The quantitative estimate of drug-likeness (QED) is 0.594. The van der Waals surface area contributed by atoms with E-state index in [0.717, 1.165) is 14.9 Å². The number of hydrogen-bond acceptors (Lipinski definition) is 3. The van der Waals surface area contributed by atoms with E-state index >= 15 is 0 Å². The first-order valence-corrected chi connectivity index (χ1v) is 8.59. The summed E-state index contributed by atoms with van der Waals surface area (Å²) in [5.41, 5.74) is 1.73. The van der Waals surface area contributed by atoms with Crippen LogP contribution in [0.5, 0.6) is 5.75 Å². The molecule has 0 aliphatic carbocycles. The van der Waals surface area contributed by atoms with Gasteiger partial charge in [-0.1, -0.05) is 45.7 Å². The van der Waals surface area contributed by atoms with Crippen LogP contribution in [0.25, 0.3) is 6.08 Å². The first-order chi connectivity index (χ1) is 12.0. The number of rotatable bonds is 4. The minimum atomic E-state index is -0.454. The molecule has 1 heterocycles. The predicted octanol–water partition coefficient (Wildman–Crippen LogP) is 4.20. The van der Waals surface area contributed by atoms with Gasteiger partial charge >= 0.3 is 6.03 Å². The molecule has 0 radical (unpaired) electrons. The van der Waals surface area contributed by atoms with Gasteiger partial charge in [0.1, 0.15) is 18.1 Å². The average molecular weight is 422 g/mol. The first-order valence-electron chi connectivity index (χ1n) is 7.42. The van der Waals surface area contributed by atoms with Gasteiger partial charge in [-0.3, -0.25) is 9.69 Å². The number of ether oxygens (including phenoxy) is 1. The summed E-state index contributed by atoms with van der Waals surface area (Å²) in [7, 11) is 1.42. The molecule has 2 aromatic rings. The monoisotopic (exact) mass is 420 g/mol. The summed E-state index contributed by atoms with van der Waals surface area (Å²) in [6.45, 7) is 0.289. The van der Waals surface area contributed by atoms with Crippen LogP contribution >= 0.6 is 27.5 Å². The SMILES string of the molecule is CN1C(=O)N/C(=C/c2cc(Br)ccc2OCc2ccccc2Cl)C1=O. The zero-order valence-corrected chi connectivity index (χ0v) is 15.6. The summed E-state index contributed by atoms with van der Waals surface area (Å²) in [6.07, 6.45) is 1.59. The van der Waals surface area contributed by atoms with Crippen LogP contribution in [-0.4, -0.2) is 23.9 Å². The number of carbonyl (C=O) groups excluding carboxylic acids is 2. The van der Waals surface area contributed by atoms with E-state index in [1.54, 1.807) is 18.2 Å². The van der Waals surface area contributed by atoms with Crippen molar-refractivity contribution in [2.75, 3.05) is 7.05 Å². The number of amides is 3. The number of nitrogens with zero attached hydrogens (tertiary/aromatic N) is 1. The van der Waals surface area contributed by atoms with Crippen LogP contribution in [0.1, 0.15) is 11.1 Å². The molecule has 3 rings (SSSR count). The van der Waals surface area contributed by atoms with Gasteiger partial charge in [0.05, 0.1) is 0 Å². The van der Waals surface area contributed by atoms with Crippen LogP contribution in [0, 0.1) is 0 Å². The highest BCUT2D eigenvalue weighted by atomic mass is 79.9. The smallest absolute Gasteiger partial charge is 0.328 e. The molecule has 0 spiro atoms. The Hall–Kier alpha value is -2.31. The summed E-state index contributed by atoms with van der Waals surface area (Å²) in [6, 6.07) is 12.4. The fourth-order valence-electron chi connectivity index (χ4n) is 2.31. The fraction of sp³-hybridized carbons (Fsp3) is 0.111. The molecule has 128 valence electrons. The van der Waals surface area contributed by atoms with E-state index in [-0.39, 0.29) is 18.2 Å². The largest absolute Gasteiger partial charge is 0.488 e. The number of nitrogens with one attached hydrogen (secondary N) is 1. The minimum absolute atomic E-state index is 0.202. The molecular weight excluding hydrogens is 408 g/mol. The second kappa shape index (κ2) is 7.29. The van der Waals surface area contributed by atoms with Gasteiger partial charge in [-0.05, 0) is 30.3 Å². The third-order valence-electron chi connectivity index (χ3n) is 3.69. The number of benzene rings is 2. The number of carbonyl (C=O) groups is 2. The Balaban J connectivity index is 1.88. The van der Waals surface area contributed by atoms with Crippen molar-refractivity contribution in [1.82, 2.24) is 10.2 Å². The van der Waals surface area contributed by atoms with Gasteiger partial charge in [-0.2, -0.15) is 0 Å². The van der Waals surface area contributed by atoms with E-state index in [4.69, 9.17) is 16.3 Å². The molecule has 3 amide bonds. The lowest BCUT2D eigenvalue weighted by Gasteiger charge is -2.11. The summed E-state index contributed by atoms with van der Waals surface area (Å²) in [5.74, 6) is 0.189. The van der Waals surface area contributed by atoms with Gasteiger partial charge in [0.2, 0.25) is 0 Å². The Kier molecular flexibility index (Phi) is 5.11. The van der Waals surface area contributed by atoms with E-state index in [9.17, 15) is 9.59 Å². The second-order valence-electron chi connectivity index (χ2n) is 5.41. The van der Waals surface area contributed by atoms with Crippen molar-refractivity contribution in [2.24, 2.45) is 0 Å². The third kappa shape index (κ3) is 3.86. The van der Waals surface area contributed by atoms with Gasteiger partial charge in [-0.15, -0.1) is 0 Å². The van der Waals surface area contributed by atoms with Crippen molar-refractivity contribution in [1.29, 1.82) is 0 Å². The molecule has 0 atom stereocenters. The summed E-state index contributed by atoms with van der Waals surface area (Å²) < 4.78 is 6.70. The van der Waals surface area contributed by atoms with Gasteiger partial charge in [-0.25, -0.2) is 4.79 Å². The van der Waals surface area contributed by atoms with Crippen LogP contribution in [0.4, 0.5) is 4.79 Å². The number of imide groups is 1. The van der Waals surface area contributed by atoms with Gasteiger partial charge < -0.3 is 10.1 Å². The van der Waals surface area contributed by atoms with Gasteiger partial charge in [0.15, 0.2) is 0 Å². The van der Waals surface area contributed by atoms with E-state index in [1.165, 1.54) is 7.05 Å². The van der Waals surface area contributed by atoms with Crippen molar-refractivity contribution in [3.63, 3.8) is 0 Å². The number of halogens is 2. The summed E-state index contributed by atoms with van der Waals surface area (Å²) in [5, 5.41) is 3.16. The minimum Gasteiger partial charge on any atom is -0.488 e. The Morgan fingerprint density at radius 3 is 2.68 bits per heavy atom. The first kappa shape index (κ1) is 17.5. The molecule has 7 heteroatoms. The van der Waals surface area contributed by atoms with E-state index in [1.807, 2.05) is 30.3 Å². The molecule has 0 saturated carbocycles.